The number of rotatable bonds is 5. The Hall–Kier alpha value is 2.17. The van der Waals surface area contributed by atoms with Crippen molar-refractivity contribution in [2.45, 2.75) is 131 Å². The van der Waals surface area contributed by atoms with Gasteiger partial charge in [-0.3, -0.25) is 0 Å². The van der Waals surface area contributed by atoms with Crippen molar-refractivity contribution in [1.29, 1.82) is 0 Å². The first-order valence-corrected chi connectivity index (χ1v) is 48.8. The van der Waals surface area contributed by atoms with E-state index >= 15 is 0 Å². The Labute approximate surface area is 201 Å². The molecule has 0 aromatic carbocycles. The van der Waals surface area contributed by atoms with Gasteiger partial charge in [-0.25, -0.2) is 0 Å². The predicted octanol–water partition coefficient (Wildman–Crippen LogP) is 7.29. The van der Waals surface area contributed by atoms with Crippen LogP contribution in [0.25, 0.3) is 0 Å². The normalized spacial score (nSPS) is 22.6. The summed E-state index contributed by atoms with van der Waals surface area (Å²) in [5, 5.41) is 0.572. The van der Waals surface area contributed by atoms with Crippen molar-refractivity contribution in [2.24, 2.45) is 0 Å². The summed E-state index contributed by atoms with van der Waals surface area (Å²) in [7, 11) is -5.53. The first kappa shape index (κ1) is 30.2. The summed E-state index contributed by atoms with van der Waals surface area (Å²) in [6.07, 6.45) is -2.30. The molecule has 30 heavy (non-hydrogen) atoms. The Bertz CT molecular complexity index is 628. The summed E-state index contributed by atoms with van der Waals surface area (Å²) in [4.78, 5) is 0. The molecule has 177 valence electrons. The van der Waals surface area contributed by atoms with Gasteiger partial charge in [-0.15, -0.1) is 0 Å². The van der Waals surface area contributed by atoms with Gasteiger partial charge in [-0.2, -0.15) is 0 Å². The molecule has 0 N–H and O–H groups in total. The van der Waals surface area contributed by atoms with Gasteiger partial charge in [-0.05, 0) is 20.1 Å². The Balaban J connectivity index is 4.40. The van der Waals surface area contributed by atoms with Crippen LogP contribution in [0.5, 0.6) is 0 Å². The highest BCUT2D eigenvalue weighted by molar-refractivity contribution is 8.41. The van der Waals surface area contributed by atoms with E-state index in [1.165, 1.54) is 8.13 Å². The fourth-order valence-electron chi connectivity index (χ4n) is 9.31. The Morgan fingerprint density at radius 2 is 0.767 bits per heavy atom. The van der Waals surface area contributed by atoms with Crippen LogP contribution in [-0.4, -0.2) is 72.4 Å². The van der Waals surface area contributed by atoms with E-state index in [4.69, 9.17) is 0 Å². The molecule has 1 fully saturated rings. The molecule has 0 aromatic heterocycles. The average Bonchev–Trinajstić information content (AvgIpc) is 2.27. The van der Waals surface area contributed by atoms with Crippen molar-refractivity contribution in [3.8, 4) is 0 Å². The van der Waals surface area contributed by atoms with Gasteiger partial charge in [0.25, 0.3) is 0 Å². The third-order valence-corrected chi connectivity index (χ3v) is 280. The second kappa shape index (κ2) is 7.84. The zero-order valence-corrected chi connectivity index (χ0v) is 34.5. The molecule has 10 heteroatoms. The van der Waals surface area contributed by atoms with Crippen LogP contribution in [0, 0.1) is 0 Å². The van der Waals surface area contributed by atoms with E-state index in [2.05, 4.69) is 126 Å². The SMILES string of the molecule is CC(C)(C)[Si](C)(C)[Si]=[Si]1[Si]([Si](C)(C)C)([Si](C)(C)C)[Si](C)(C)[Si]1([Si](C)(C)C)[Si](C)(C)C. The van der Waals surface area contributed by atoms with Crippen LogP contribution in [0.2, 0.25) is 110 Å². The fourth-order valence-corrected chi connectivity index (χ4v) is 582. The number of hydrogen-bond acceptors (Lipinski definition) is 0. The summed E-state index contributed by atoms with van der Waals surface area (Å²) < 4.78 is 0. The molecular weight excluding hydrogens is 521 g/mol. The minimum atomic E-state index is -1.24. The highest BCUT2D eigenvalue weighted by Gasteiger charge is 2.86. The largest absolute Gasteiger partial charge is 0.0739 e. The highest BCUT2D eigenvalue weighted by Crippen LogP contribution is 2.56. The van der Waals surface area contributed by atoms with E-state index in [1.54, 1.807) is 0 Å². The average molecular weight is 579 g/mol. The van der Waals surface area contributed by atoms with Crippen molar-refractivity contribution in [3.63, 3.8) is 0 Å². The highest BCUT2D eigenvalue weighted by atomic mass is 30.6. The Kier molecular flexibility index (Phi) is 7.89. The maximum atomic E-state index is 3.09. The van der Waals surface area contributed by atoms with E-state index in [9.17, 15) is 0 Å². The van der Waals surface area contributed by atoms with Crippen molar-refractivity contribution < 1.29 is 0 Å². The molecule has 0 saturated carbocycles. The predicted molar refractivity (Wildman–Crippen MR) is 171 cm³/mol. The number of hydrogen-bond donors (Lipinski definition) is 0. The lowest BCUT2D eigenvalue weighted by Crippen LogP contribution is -3.15. The molecule has 1 rings (SSSR count). The second-order valence-electron chi connectivity index (χ2n) is 16.5. The van der Waals surface area contributed by atoms with E-state index < -0.39 is 57.4 Å². The smallest absolute Gasteiger partial charge is 0.0580 e. The molecule has 1 aliphatic rings. The van der Waals surface area contributed by atoms with Gasteiger partial charge >= 0.3 is 0 Å². The summed E-state index contributed by atoms with van der Waals surface area (Å²) in [6, 6.07) is 0. The molecule has 0 aliphatic carbocycles. The van der Waals surface area contributed by atoms with Gasteiger partial charge in [0.2, 0.25) is 0 Å². The van der Waals surface area contributed by atoms with Crippen molar-refractivity contribution in [2.75, 3.05) is 0 Å². The molecule has 0 atom stereocenters. The molecule has 0 nitrogen and oxygen atoms in total. The van der Waals surface area contributed by atoms with Crippen LogP contribution in [0.1, 0.15) is 20.8 Å². The minimum Gasteiger partial charge on any atom is -0.0739 e. The zero-order chi connectivity index (χ0) is 24.8. The van der Waals surface area contributed by atoms with Crippen LogP contribution in [0.4, 0.5) is 0 Å². The third kappa shape index (κ3) is 3.80. The van der Waals surface area contributed by atoms with Gasteiger partial charge in [0.15, 0.2) is 0 Å². The van der Waals surface area contributed by atoms with Crippen LogP contribution < -0.4 is 0 Å². The fraction of sp³-hybridized carbons (Fsp3) is 1.00. The maximum absolute atomic E-state index is 3.09. The minimum absolute atomic E-state index is 0.143. The van der Waals surface area contributed by atoms with Gasteiger partial charge < -0.3 is 0 Å². The maximum Gasteiger partial charge on any atom is 0.0580 e. The summed E-state index contributed by atoms with van der Waals surface area (Å²) in [6.45, 7) is 54.4. The Morgan fingerprint density at radius 3 is 0.933 bits per heavy atom. The van der Waals surface area contributed by atoms with Crippen LogP contribution in [0.15, 0.2) is 0 Å². The summed E-state index contributed by atoms with van der Waals surface area (Å²) >= 11 is 0. The first-order chi connectivity index (χ1) is 12.6. The molecule has 1 aliphatic heterocycles. The topological polar surface area (TPSA) is 0 Å². The molecule has 0 unspecified atom stereocenters. The van der Waals surface area contributed by atoms with E-state index in [-0.39, 0.29) is 6.93 Å². The molecule has 0 amide bonds. The lowest BCUT2D eigenvalue weighted by Gasteiger charge is -2.82. The zero-order valence-electron chi connectivity index (χ0n) is 24.5. The van der Waals surface area contributed by atoms with Gasteiger partial charge in [0.05, 0.1) is 7.59 Å². The van der Waals surface area contributed by atoms with E-state index in [0.717, 1.165) is 0 Å². The molecule has 0 bridgehead atoms. The van der Waals surface area contributed by atoms with Crippen molar-refractivity contribution >= 4 is 72.4 Å². The lowest BCUT2D eigenvalue weighted by atomic mass is 10.2. The monoisotopic (exact) mass is 577 g/mol. The van der Waals surface area contributed by atoms with Gasteiger partial charge in [-0.1, -0.05) is 126 Å². The van der Waals surface area contributed by atoms with Gasteiger partial charge in [0, 0.05) is 49.8 Å². The molecular formula is C20H57Si10. The molecule has 1 radical (unpaired) electrons. The van der Waals surface area contributed by atoms with Crippen LogP contribution in [-0.2, 0) is 0 Å². The molecule has 1 heterocycles. The van der Waals surface area contributed by atoms with Crippen LogP contribution in [0.3, 0.4) is 0 Å². The molecule has 0 aromatic rings. The van der Waals surface area contributed by atoms with E-state index in [1.807, 2.05) is 0 Å². The van der Waals surface area contributed by atoms with Crippen molar-refractivity contribution in [1.82, 2.24) is 0 Å². The van der Waals surface area contributed by atoms with E-state index in [0.29, 0.717) is 5.04 Å². The van der Waals surface area contributed by atoms with Gasteiger partial charge in [0.1, 0.15) is 0 Å². The lowest BCUT2D eigenvalue weighted by molar-refractivity contribution is 0.735. The third-order valence-electron chi connectivity index (χ3n) is 9.44. The Morgan fingerprint density at radius 1 is 0.533 bits per heavy atom. The van der Waals surface area contributed by atoms with Crippen molar-refractivity contribution in [3.05, 3.63) is 0 Å². The molecule has 0 spiro atoms. The van der Waals surface area contributed by atoms with Crippen LogP contribution >= 0.6 is 0 Å². The summed E-state index contributed by atoms with van der Waals surface area (Å²) in [5.41, 5.74) is 0. The standard InChI is InChI=1S/C20H57Si10/c1-20(2,3)27(16,17)21-22-29(23(4,5)6,24(7,8)9)28(18,19)30(22,25(10,11)12)26(13,14)15/h1-19H3. The second-order valence-corrected chi connectivity index (χ2v) is 125. The summed E-state index contributed by atoms with van der Waals surface area (Å²) in [5.74, 6) is 0. The molecule has 1 saturated heterocycles. The first-order valence-electron chi connectivity index (χ1n) is 12.2. The quantitative estimate of drug-likeness (QED) is 0.301.